The summed E-state index contributed by atoms with van der Waals surface area (Å²) >= 11 is 1.89. The number of fused-ring (bicyclic) bond motifs is 9. The van der Waals surface area contributed by atoms with Gasteiger partial charge in [0.1, 0.15) is 0 Å². The van der Waals surface area contributed by atoms with E-state index in [4.69, 9.17) is 0 Å². The number of hydrogen-bond acceptors (Lipinski definition) is 2. The van der Waals surface area contributed by atoms with Gasteiger partial charge in [-0.1, -0.05) is 166 Å². The monoisotopic (exact) mass is 860 g/mol. The molecule has 0 radical (unpaired) electrons. The van der Waals surface area contributed by atoms with Gasteiger partial charge in [0.2, 0.25) is 0 Å². The van der Waals surface area contributed by atoms with E-state index < -0.39 is 0 Å². The molecular formula is C63H44N2S. The summed E-state index contributed by atoms with van der Waals surface area (Å²) in [6, 6.07) is 85.1. The number of hydrogen-bond donors (Lipinski definition) is 0. The summed E-state index contributed by atoms with van der Waals surface area (Å²) < 4.78 is 5.02. The van der Waals surface area contributed by atoms with Crippen LogP contribution in [0.25, 0.3) is 92.2 Å². The molecule has 0 fully saturated rings. The molecular weight excluding hydrogens is 817 g/mol. The van der Waals surface area contributed by atoms with Crippen LogP contribution >= 0.6 is 11.3 Å². The second-order valence-electron chi connectivity index (χ2n) is 18.1. The predicted molar refractivity (Wildman–Crippen MR) is 282 cm³/mol. The van der Waals surface area contributed by atoms with Crippen LogP contribution < -0.4 is 4.90 Å². The summed E-state index contributed by atoms with van der Waals surface area (Å²) in [4.78, 5) is 2.42. The molecule has 2 aromatic heterocycles. The molecule has 3 heteroatoms. The second kappa shape index (κ2) is 15.1. The maximum absolute atomic E-state index is 2.42. The molecule has 0 saturated heterocycles. The largest absolute Gasteiger partial charge is 0.310 e. The van der Waals surface area contributed by atoms with Crippen LogP contribution in [0.15, 0.2) is 231 Å². The van der Waals surface area contributed by atoms with E-state index in [9.17, 15) is 0 Å². The number of benzene rings is 10. The molecule has 0 aliphatic heterocycles. The van der Waals surface area contributed by atoms with E-state index >= 15 is 0 Å². The summed E-state index contributed by atoms with van der Waals surface area (Å²) in [5.74, 6) is 0. The highest BCUT2D eigenvalue weighted by Gasteiger charge is 2.35. The fraction of sp³-hybridized carbons (Fsp3) is 0.0476. The molecule has 13 rings (SSSR count). The predicted octanol–water partition coefficient (Wildman–Crippen LogP) is 17.9. The van der Waals surface area contributed by atoms with Gasteiger partial charge in [0, 0.05) is 64.7 Å². The van der Waals surface area contributed by atoms with E-state index in [1.54, 1.807) is 0 Å². The maximum atomic E-state index is 2.42. The third-order valence-corrected chi connectivity index (χ3v) is 15.2. The number of thiophene rings is 1. The highest BCUT2D eigenvalue weighted by Crippen LogP contribution is 2.51. The lowest BCUT2D eigenvalue weighted by Crippen LogP contribution is -2.16. The second-order valence-corrected chi connectivity index (χ2v) is 19.2. The van der Waals surface area contributed by atoms with Crippen LogP contribution in [0.3, 0.4) is 0 Å². The minimum Gasteiger partial charge on any atom is -0.310 e. The van der Waals surface area contributed by atoms with Crippen molar-refractivity contribution < 1.29 is 0 Å². The highest BCUT2D eigenvalue weighted by molar-refractivity contribution is 7.26. The van der Waals surface area contributed by atoms with Gasteiger partial charge in [-0.25, -0.2) is 0 Å². The van der Waals surface area contributed by atoms with Crippen LogP contribution in [0, 0.1) is 0 Å². The van der Waals surface area contributed by atoms with Crippen molar-refractivity contribution in [2.24, 2.45) is 0 Å². The zero-order valence-electron chi connectivity index (χ0n) is 36.7. The van der Waals surface area contributed by atoms with Crippen LogP contribution in [0.5, 0.6) is 0 Å². The molecule has 0 unspecified atom stereocenters. The van der Waals surface area contributed by atoms with E-state index in [2.05, 4.69) is 254 Å². The maximum Gasteiger partial charge on any atom is 0.0547 e. The lowest BCUT2D eigenvalue weighted by molar-refractivity contribution is 0.660. The van der Waals surface area contributed by atoms with E-state index in [1.807, 2.05) is 11.3 Å². The lowest BCUT2D eigenvalue weighted by Gasteiger charge is -2.28. The number of rotatable bonds is 7. The summed E-state index contributed by atoms with van der Waals surface area (Å²) in [5, 5.41) is 5.10. The molecule has 0 saturated carbocycles. The number of aromatic nitrogens is 1. The van der Waals surface area contributed by atoms with Gasteiger partial charge in [0.05, 0.1) is 11.0 Å². The fourth-order valence-corrected chi connectivity index (χ4v) is 11.9. The summed E-state index contributed by atoms with van der Waals surface area (Å²) in [5.41, 5.74) is 19.5. The van der Waals surface area contributed by atoms with Crippen LogP contribution in [-0.2, 0) is 5.41 Å². The lowest BCUT2D eigenvalue weighted by atomic mass is 9.82. The van der Waals surface area contributed by atoms with E-state index in [-0.39, 0.29) is 5.41 Å². The summed E-state index contributed by atoms with van der Waals surface area (Å²) in [6.45, 7) is 4.72. The molecule has 0 atom stereocenters. The zero-order valence-corrected chi connectivity index (χ0v) is 37.6. The van der Waals surface area contributed by atoms with Gasteiger partial charge >= 0.3 is 0 Å². The van der Waals surface area contributed by atoms with Crippen LogP contribution in [0.4, 0.5) is 17.1 Å². The van der Waals surface area contributed by atoms with Crippen molar-refractivity contribution in [3.63, 3.8) is 0 Å². The first kappa shape index (κ1) is 38.5. The molecule has 312 valence electrons. The van der Waals surface area contributed by atoms with Gasteiger partial charge in [-0.05, 0) is 129 Å². The van der Waals surface area contributed by atoms with Crippen molar-refractivity contribution in [3.05, 3.63) is 242 Å². The van der Waals surface area contributed by atoms with Crippen molar-refractivity contribution in [1.29, 1.82) is 0 Å². The fourth-order valence-electron chi connectivity index (χ4n) is 10.7. The van der Waals surface area contributed by atoms with Crippen molar-refractivity contribution in [2.45, 2.75) is 19.3 Å². The quantitative estimate of drug-likeness (QED) is 0.155. The molecule has 2 heterocycles. The average Bonchev–Trinajstić information content (AvgIpc) is 4.00. The minimum atomic E-state index is -0.113. The SMILES string of the molecule is CC1(C)c2ccccc2-c2ccc(N(c3ccc(-c4ccccc4)cc3)c3ccc(-c4cc(-c5ccc6c7ccccc7n(-c7ccccc7)c6c5)cc5c4sc4ccccc45)cc3)cc21. The Morgan fingerprint density at radius 2 is 0.955 bits per heavy atom. The topological polar surface area (TPSA) is 8.17 Å². The molecule has 2 nitrogen and oxygen atoms in total. The van der Waals surface area contributed by atoms with Gasteiger partial charge in [0.25, 0.3) is 0 Å². The van der Waals surface area contributed by atoms with E-state index in [1.165, 1.54) is 97.6 Å². The zero-order chi connectivity index (χ0) is 43.9. The molecule has 0 N–H and O–H groups in total. The highest BCUT2D eigenvalue weighted by atomic mass is 32.1. The van der Waals surface area contributed by atoms with Crippen molar-refractivity contribution in [2.75, 3.05) is 4.90 Å². The third-order valence-electron chi connectivity index (χ3n) is 14.0. The first-order chi connectivity index (χ1) is 32.5. The Kier molecular flexibility index (Phi) is 8.78. The number of nitrogens with zero attached hydrogens (tertiary/aromatic N) is 2. The van der Waals surface area contributed by atoms with Crippen LogP contribution in [-0.4, -0.2) is 4.57 Å². The van der Waals surface area contributed by atoms with Crippen LogP contribution in [0.1, 0.15) is 25.0 Å². The van der Waals surface area contributed by atoms with Crippen molar-refractivity contribution in [1.82, 2.24) is 4.57 Å². The van der Waals surface area contributed by atoms with Gasteiger partial charge in [-0.15, -0.1) is 11.3 Å². The van der Waals surface area contributed by atoms with E-state index in [0.29, 0.717) is 0 Å². The molecule has 10 aromatic carbocycles. The molecule has 66 heavy (non-hydrogen) atoms. The Bertz CT molecular complexity index is 3820. The first-order valence-corrected chi connectivity index (χ1v) is 23.6. The molecule has 0 spiro atoms. The Morgan fingerprint density at radius 1 is 0.364 bits per heavy atom. The smallest absolute Gasteiger partial charge is 0.0547 e. The normalized spacial score (nSPS) is 12.8. The molecule has 12 aromatic rings. The third kappa shape index (κ3) is 6.08. The molecule has 1 aliphatic carbocycles. The Morgan fingerprint density at radius 3 is 1.74 bits per heavy atom. The Labute approximate surface area is 388 Å². The van der Waals surface area contributed by atoms with Crippen LogP contribution in [0.2, 0.25) is 0 Å². The van der Waals surface area contributed by atoms with Gasteiger partial charge in [-0.3, -0.25) is 0 Å². The van der Waals surface area contributed by atoms with Crippen molar-refractivity contribution >= 4 is 70.4 Å². The van der Waals surface area contributed by atoms with Gasteiger partial charge < -0.3 is 9.47 Å². The minimum absolute atomic E-state index is 0.113. The van der Waals surface area contributed by atoms with Gasteiger partial charge in [0.15, 0.2) is 0 Å². The summed E-state index contributed by atoms with van der Waals surface area (Å²) in [6.07, 6.45) is 0. The first-order valence-electron chi connectivity index (χ1n) is 22.8. The Hall–Kier alpha value is -7.98. The average molecular weight is 861 g/mol. The molecule has 0 amide bonds. The Balaban J connectivity index is 0.958. The van der Waals surface area contributed by atoms with Gasteiger partial charge in [-0.2, -0.15) is 0 Å². The van der Waals surface area contributed by atoms with E-state index in [0.717, 1.165) is 22.7 Å². The number of para-hydroxylation sites is 2. The summed E-state index contributed by atoms with van der Waals surface area (Å²) in [7, 11) is 0. The van der Waals surface area contributed by atoms with Crippen molar-refractivity contribution in [3.8, 4) is 50.2 Å². The molecule has 1 aliphatic rings. The molecule has 0 bridgehead atoms. The number of anilines is 3. The standard InChI is InChI=1S/C63H44N2S/c1-63(2)57-22-12-9-19-50(57)51-36-34-49(40-58(51)63)64(47-30-25-42(26-31-47)41-15-5-3-6-16-41)48-32-27-43(28-33-48)55-37-45(38-56-54-21-11-14-24-61(54)66-62(55)56)44-29-35-53-52-20-10-13-23-59(52)65(60(53)39-44)46-17-7-4-8-18-46/h3-40H,1-2H3.